The fourth-order valence-corrected chi connectivity index (χ4v) is 3.76. The Morgan fingerprint density at radius 2 is 2.12 bits per heavy atom. The van der Waals surface area contributed by atoms with E-state index in [1.165, 1.54) is 24.3 Å². The average Bonchev–Trinajstić information content (AvgIpc) is 2.80. The van der Waals surface area contributed by atoms with E-state index in [0.717, 1.165) is 31.1 Å². The lowest BCUT2D eigenvalue weighted by atomic mass is 10.1. The van der Waals surface area contributed by atoms with Crippen molar-refractivity contribution in [2.75, 3.05) is 29.0 Å². The predicted molar refractivity (Wildman–Crippen MR) is 120 cm³/mol. The fraction of sp³-hybridized carbons (Fsp3) is 0.217. The molecule has 1 aliphatic heterocycles. The van der Waals surface area contributed by atoms with Crippen molar-refractivity contribution >= 4 is 23.0 Å². The number of piperidine rings is 1. The molecule has 1 fully saturated rings. The summed E-state index contributed by atoms with van der Waals surface area (Å²) in [4.78, 5) is 23.6. The van der Waals surface area contributed by atoms with Crippen molar-refractivity contribution in [2.45, 2.75) is 18.9 Å². The van der Waals surface area contributed by atoms with E-state index in [2.05, 4.69) is 20.2 Å². The number of pyridine rings is 2. The number of nitriles is 1. The average molecular weight is 431 g/mol. The molecule has 0 radical (unpaired) electrons. The summed E-state index contributed by atoms with van der Waals surface area (Å²) in [5, 5.41) is 11.8. The quantitative estimate of drug-likeness (QED) is 0.578. The lowest BCUT2D eigenvalue weighted by molar-refractivity contribution is 0.102. The zero-order valence-corrected chi connectivity index (χ0v) is 17.3. The van der Waals surface area contributed by atoms with Crippen LogP contribution >= 0.6 is 0 Å². The summed E-state index contributed by atoms with van der Waals surface area (Å²) in [5.74, 6) is -1.14. The number of aromatic nitrogens is 2. The van der Waals surface area contributed by atoms with Crippen LogP contribution in [0.4, 0.5) is 21.5 Å². The number of benzene rings is 1. The molecule has 0 spiro atoms. The molecule has 1 saturated heterocycles. The van der Waals surface area contributed by atoms with Crippen LogP contribution in [0.25, 0.3) is 11.3 Å². The normalized spacial score (nSPS) is 15.8. The number of hydrogen-bond acceptors (Lipinski definition) is 7. The van der Waals surface area contributed by atoms with E-state index < -0.39 is 11.7 Å². The minimum Gasteiger partial charge on any atom is -0.397 e. The van der Waals surface area contributed by atoms with Gasteiger partial charge in [-0.15, -0.1) is 0 Å². The summed E-state index contributed by atoms with van der Waals surface area (Å²) in [7, 11) is 0. The van der Waals surface area contributed by atoms with Crippen LogP contribution in [0.3, 0.4) is 0 Å². The van der Waals surface area contributed by atoms with Gasteiger partial charge in [0.15, 0.2) is 5.69 Å². The number of nitrogens with zero attached hydrogens (tertiary/aromatic N) is 4. The molecule has 3 heterocycles. The Labute approximate surface area is 184 Å². The van der Waals surface area contributed by atoms with Gasteiger partial charge >= 0.3 is 0 Å². The van der Waals surface area contributed by atoms with E-state index in [9.17, 15) is 9.18 Å². The van der Waals surface area contributed by atoms with Gasteiger partial charge in [-0.2, -0.15) is 5.26 Å². The van der Waals surface area contributed by atoms with Gasteiger partial charge in [-0.1, -0.05) is 0 Å². The summed E-state index contributed by atoms with van der Waals surface area (Å²) in [6.07, 6.45) is 5.14. The maximum absolute atomic E-state index is 14.4. The molecule has 2 aromatic heterocycles. The van der Waals surface area contributed by atoms with Crippen LogP contribution in [-0.2, 0) is 0 Å². The van der Waals surface area contributed by atoms with Crippen molar-refractivity contribution in [3.05, 3.63) is 65.9 Å². The number of amides is 1. The van der Waals surface area contributed by atoms with Crippen LogP contribution in [0, 0.1) is 17.1 Å². The van der Waals surface area contributed by atoms with Gasteiger partial charge < -0.3 is 21.7 Å². The van der Waals surface area contributed by atoms with Gasteiger partial charge in [0, 0.05) is 30.9 Å². The van der Waals surface area contributed by atoms with Crippen LogP contribution < -0.4 is 21.7 Å². The fourth-order valence-electron chi connectivity index (χ4n) is 3.76. The molecule has 162 valence electrons. The molecule has 0 aliphatic carbocycles. The number of nitrogen functional groups attached to an aromatic ring is 1. The molecule has 5 N–H and O–H groups in total. The number of carbonyl (C=O) groups excluding carboxylic acids is 1. The highest BCUT2D eigenvalue weighted by Crippen LogP contribution is 2.29. The van der Waals surface area contributed by atoms with Gasteiger partial charge in [-0.3, -0.25) is 9.78 Å². The minimum absolute atomic E-state index is 0.0311. The number of nitrogens with two attached hydrogens (primary N) is 2. The van der Waals surface area contributed by atoms with Crippen LogP contribution in [0.1, 0.15) is 28.9 Å². The maximum atomic E-state index is 14.4. The van der Waals surface area contributed by atoms with Crippen LogP contribution in [0.15, 0.2) is 48.8 Å². The zero-order chi connectivity index (χ0) is 22.7. The molecule has 1 aromatic carbocycles. The largest absolute Gasteiger partial charge is 0.397 e. The van der Waals surface area contributed by atoms with Crippen molar-refractivity contribution in [1.29, 1.82) is 5.26 Å². The Bertz CT molecular complexity index is 1210. The standard InChI is InChI=1S/C23H22FN7O/c24-17-10-14(11-25)3-4-16(17)19-6-5-18(27)22(29-19)23(32)30-20-12-28-8-7-21(20)31-9-1-2-15(26)13-31/h3-8,10,12,15H,1-2,9,13,26-27H2,(H,30,32)/t15-/m0/s1. The molecular formula is C23H22FN7O. The third-order valence-electron chi connectivity index (χ3n) is 5.36. The number of hydrogen-bond donors (Lipinski definition) is 3. The van der Waals surface area contributed by atoms with Crippen molar-refractivity contribution in [3.63, 3.8) is 0 Å². The zero-order valence-electron chi connectivity index (χ0n) is 17.3. The predicted octanol–water partition coefficient (Wildman–Crippen LogP) is 2.92. The number of anilines is 3. The summed E-state index contributed by atoms with van der Waals surface area (Å²) in [6, 6.07) is 10.9. The Kier molecular flexibility index (Phi) is 5.96. The maximum Gasteiger partial charge on any atom is 0.276 e. The summed E-state index contributed by atoms with van der Waals surface area (Å²) in [6.45, 7) is 1.51. The lowest BCUT2D eigenvalue weighted by Crippen LogP contribution is -2.43. The van der Waals surface area contributed by atoms with Crippen molar-refractivity contribution in [3.8, 4) is 17.3 Å². The molecule has 9 heteroatoms. The number of halogens is 1. The third-order valence-corrected chi connectivity index (χ3v) is 5.36. The van der Waals surface area contributed by atoms with E-state index in [0.29, 0.717) is 12.2 Å². The Balaban J connectivity index is 1.63. The van der Waals surface area contributed by atoms with Crippen molar-refractivity contribution < 1.29 is 9.18 Å². The lowest BCUT2D eigenvalue weighted by Gasteiger charge is -2.33. The highest BCUT2D eigenvalue weighted by molar-refractivity contribution is 6.07. The second-order valence-corrected chi connectivity index (χ2v) is 7.64. The van der Waals surface area contributed by atoms with Gasteiger partial charge in [0.2, 0.25) is 0 Å². The Hall–Kier alpha value is -4.03. The van der Waals surface area contributed by atoms with E-state index in [1.54, 1.807) is 12.4 Å². The third kappa shape index (κ3) is 4.36. The SMILES string of the molecule is N#Cc1ccc(-c2ccc(N)c(C(=O)Nc3cnccc3N3CCC[C@H](N)C3)n2)c(F)c1. The van der Waals surface area contributed by atoms with Crippen LogP contribution in [-0.4, -0.2) is 35.0 Å². The second kappa shape index (κ2) is 8.99. The minimum atomic E-state index is -0.608. The van der Waals surface area contributed by atoms with Gasteiger partial charge in [0.05, 0.1) is 40.6 Å². The Morgan fingerprint density at radius 1 is 1.28 bits per heavy atom. The molecule has 32 heavy (non-hydrogen) atoms. The van der Waals surface area contributed by atoms with Crippen molar-refractivity contribution in [2.24, 2.45) is 5.73 Å². The van der Waals surface area contributed by atoms with Crippen LogP contribution in [0.2, 0.25) is 0 Å². The summed E-state index contributed by atoms with van der Waals surface area (Å²) in [5.41, 5.74) is 14.2. The van der Waals surface area contributed by atoms with Crippen molar-refractivity contribution in [1.82, 2.24) is 9.97 Å². The van der Waals surface area contributed by atoms with Gasteiger partial charge in [0.1, 0.15) is 5.82 Å². The van der Waals surface area contributed by atoms with E-state index in [4.69, 9.17) is 16.7 Å². The Morgan fingerprint density at radius 3 is 2.88 bits per heavy atom. The molecule has 4 rings (SSSR count). The van der Waals surface area contributed by atoms with Gasteiger partial charge in [0.25, 0.3) is 5.91 Å². The van der Waals surface area contributed by atoms with Gasteiger partial charge in [-0.05, 0) is 49.2 Å². The second-order valence-electron chi connectivity index (χ2n) is 7.64. The molecule has 0 bridgehead atoms. The number of carbonyl (C=O) groups is 1. The monoisotopic (exact) mass is 431 g/mol. The van der Waals surface area contributed by atoms with Crippen LogP contribution in [0.5, 0.6) is 0 Å². The van der Waals surface area contributed by atoms with E-state index in [-0.39, 0.29) is 34.2 Å². The first-order chi connectivity index (χ1) is 15.5. The molecule has 3 aromatic rings. The molecule has 1 aliphatic rings. The topological polar surface area (TPSA) is 134 Å². The molecule has 0 saturated carbocycles. The van der Waals surface area contributed by atoms with E-state index in [1.807, 2.05) is 12.1 Å². The molecule has 1 amide bonds. The first kappa shape index (κ1) is 21.2. The number of nitrogens with one attached hydrogen (secondary N) is 1. The number of rotatable bonds is 4. The highest BCUT2D eigenvalue weighted by Gasteiger charge is 2.22. The highest BCUT2D eigenvalue weighted by atomic mass is 19.1. The molecule has 0 unspecified atom stereocenters. The molecule has 8 nitrogen and oxygen atoms in total. The van der Waals surface area contributed by atoms with Gasteiger partial charge in [-0.25, -0.2) is 9.37 Å². The first-order valence-electron chi connectivity index (χ1n) is 10.2. The molecule has 1 atom stereocenters. The first-order valence-corrected chi connectivity index (χ1v) is 10.2. The molecular weight excluding hydrogens is 409 g/mol. The van der Waals surface area contributed by atoms with E-state index >= 15 is 0 Å². The smallest absolute Gasteiger partial charge is 0.276 e. The summed E-state index contributed by atoms with van der Waals surface area (Å²) < 4.78 is 14.4. The summed E-state index contributed by atoms with van der Waals surface area (Å²) >= 11 is 0.